The second kappa shape index (κ2) is 9.47. The molecule has 32 heavy (non-hydrogen) atoms. The van der Waals surface area contributed by atoms with Gasteiger partial charge in [-0.25, -0.2) is 4.79 Å². The van der Waals surface area contributed by atoms with Gasteiger partial charge in [-0.15, -0.1) is 10.2 Å². The number of imidazole rings is 1. The summed E-state index contributed by atoms with van der Waals surface area (Å²) in [6.45, 7) is 5.36. The van der Waals surface area contributed by atoms with Crippen LogP contribution in [0.4, 0.5) is 0 Å². The maximum atomic E-state index is 13.0. The molecule has 0 aliphatic rings. The van der Waals surface area contributed by atoms with Crippen LogP contribution in [0.2, 0.25) is 5.28 Å². The molecule has 0 radical (unpaired) electrons. The fraction of sp³-hybridized carbons (Fsp3) is 0.429. The summed E-state index contributed by atoms with van der Waals surface area (Å²) in [5, 5.41) is 12.7. The number of aryl methyl sites for hydroxylation is 3. The number of tetrazole rings is 1. The molecule has 1 aromatic carbocycles. The van der Waals surface area contributed by atoms with Gasteiger partial charge in [-0.05, 0) is 49.1 Å². The SMILES string of the molecule is CCCCn1c(=O)n(CCCCn2nnc(-c3cccc(C)c3)n2)c(=O)c2[nH]c(Cl)nc21. The van der Waals surface area contributed by atoms with Gasteiger partial charge in [-0.1, -0.05) is 37.1 Å². The Morgan fingerprint density at radius 3 is 2.62 bits per heavy atom. The zero-order chi connectivity index (χ0) is 22.7. The first-order chi connectivity index (χ1) is 15.5. The minimum absolute atomic E-state index is 0.0983. The van der Waals surface area contributed by atoms with Gasteiger partial charge in [0, 0.05) is 18.7 Å². The van der Waals surface area contributed by atoms with E-state index in [0.717, 1.165) is 24.0 Å². The lowest BCUT2D eigenvalue weighted by atomic mass is 10.1. The van der Waals surface area contributed by atoms with Gasteiger partial charge < -0.3 is 4.98 Å². The lowest BCUT2D eigenvalue weighted by Gasteiger charge is -2.10. The van der Waals surface area contributed by atoms with E-state index in [1.807, 2.05) is 38.1 Å². The third kappa shape index (κ3) is 4.50. The van der Waals surface area contributed by atoms with Crippen LogP contribution in [0.1, 0.15) is 38.2 Å². The molecule has 4 aromatic rings. The van der Waals surface area contributed by atoms with Gasteiger partial charge in [-0.2, -0.15) is 9.78 Å². The van der Waals surface area contributed by atoms with E-state index in [1.54, 1.807) is 0 Å². The van der Waals surface area contributed by atoms with Gasteiger partial charge in [-0.3, -0.25) is 13.9 Å². The normalized spacial score (nSPS) is 11.5. The van der Waals surface area contributed by atoms with Gasteiger partial charge in [0.25, 0.3) is 5.56 Å². The van der Waals surface area contributed by atoms with E-state index in [4.69, 9.17) is 11.6 Å². The first-order valence-corrected chi connectivity index (χ1v) is 11.1. The van der Waals surface area contributed by atoms with Gasteiger partial charge in [0.15, 0.2) is 11.2 Å². The third-order valence-corrected chi connectivity index (χ3v) is 5.47. The smallest absolute Gasteiger partial charge is 0.323 e. The van der Waals surface area contributed by atoms with Crippen LogP contribution in [-0.4, -0.2) is 39.3 Å². The number of hydrogen-bond donors (Lipinski definition) is 1. The van der Waals surface area contributed by atoms with E-state index in [-0.39, 0.29) is 23.0 Å². The maximum Gasteiger partial charge on any atom is 0.332 e. The van der Waals surface area contributed by atoms with Crippen molar-refractivity contribution in [2.75, 3.05) is 0 Å². The highest BCUT2D eigenvalue weighted by atomic mass is 35.5. The number of nitrogens with one attached hydrogen (secondary N) is 1. The van der Waals surface area contributed by atoms with Crippen molar-refractivity contribution >= 4 is 22.8 Å². The number of H-pyrrole nitrogens is 1. The van der Waals surface area contributed by atoms with Crippen LogP contribution in [0.15, 0.2) is 33.9 Å². The molecule has 0 saturated carbocycles. The topological polar surface area (TPSA) is 116 Å². The summed E-state index contributed by atoms with van der Waals surface area (Å²) in [6, 6.07) is 7.93. The molecule has 3 heterocycles. The van der Waals surface area contributed by atoms with Crippen molar-refractivity contribution in [2.24, 2.45) is 0 Å². The lowest BCUT2D eigenvalue weighted by molar-refractivity contribution is 0.457. The Balaban J connectivity index is 1.46. The van der Waals surface area contributed by atoms with Crippen molar-refractivity contribution in [1.29, 1.82) is 0 Å². The van der Waals surface area contributed by atoms with E-state index in [1.165, 1.54) is 13.9 Å². The molecule has 0 amide bonds. The van der Waals surface area contributed by atoms with E-state index in [0.29, 0.717) is 37.4 Å². The summed E-state index contributed by atoms with van der Waals surface area (Å²) in [7, 11) is 0. The van der Waals surface area contributed by atoms with Crippen molar-refractivity contribution in [3.63, 3.8) is 0 Å². The van der Waals surface area contributed by atoms with E-state index in [2.05, 4.69) is 25.4 Å². The molecular weight excluding hydrogens is 432 g/mol. The molecule has 0 spiro atoms. The van der Waals surface area contributed by atoms with E-state index in [9.17, 15) is 9.59 Å². The highest BCUT2D eigenvalue weighted by Gasteiger charge is 2.16. The lowest BCUT2D eigenvalue weighted by Crippen LogP contribution is -2.40. The van der Waals surface area contributed by atoms with Crippen molar-refractivity contribution in [3.05, 3.63) is 56.0 Å². The molecule has 10 nitrogen and oxygen atoms in total. The Bertz CT molecular complexity index is 1350. The summed E-state index contributed by atoms with van der Waals surface area (Å²) in [6.07, 6.45) is 3.02. The van der Waals surface area contributed by atoms with E-state index < -0.39 is 5.56 Å². The number of aromatic nitrogens is 8. The van der Waals surface area contributed by atoms with Crippen LogP contribution < -0.4 is 11.2 Å². The predicted molar refractivity (Wildman–Crippen MR) is 122 cm³/mol. The first-order valence-electron chi connectivity index (χ1n) is 10.7. The summed E-state index contributed by atoms with van der Waals surface area (Å²) in [5.41, 5.74) is 1.85. The molecular formula is C21H25ClN8O2. The molecule has 0 atom stereocenters. The zero-order valence-electron chi connectivity index (χ0n) is 18.1. The average Bonchev–Trinajstić information content (AvgIpc) is 3.40. The van der Waals surface area contributed by atoms with Crippen LogP contribution >= 0.6 is 11.6 Å². The summed E-state index contributed by atoms with van der Waals surface area (Å²) in [5.74, 6) is 0.574. The molecule has 11 heteroatoms. The summed E-state index contributed by atoms with van der Waals surface area (Å²) < 4.78 is 2.77. The number of nitrogens with zero attached hydrogens (tertiary/aromatic N) is 7. The fourth-order valence-electron chi connectivity index (χ4n) is 3.61. The minimum atomic E-state index is -0.405. The zero-order valence-corrected chi connectivity index (χ0v) is 18.8. The standard InChI is InChI=1S/C21H25ClN8O2/c1-3-4-10-28-18-16(23-20(22)24-18)19(31)29(21(28)32)11-5-6-12-30-26-17(25-27-30)15-9-7-8-14(2)13-15/h7-9,13H,3-6,10-12H2,1-2H3,(H,23,24). The van der Waals surface area contributed by atoms with Crippen molar-refractivity contribution in [2.45, 2.75) is 59.2 Å². The Morgan fingerprint density at radius 2 is 1.84 bits per heavy atom. The average molecular weight is 457 g/mol. The number of hydrogen-bond acceptors (Lipinski definition) is 6. The minimum Gasteiger partial charge on any atom is -0.323 e. The van der Waals surface area contributed by atoms with Gasteiger partial charge in [0.1, 0.15) is 0 Å². The highest BCUT2D eigenvalue weighted by molar-refractivity contribution is 6.28. The molecule has 0 fully saturated rings. The Kier molecular flexibility index (Phi) is 6.50. The van der Waals surface area contributed by atoms with Gasteiger partial charge >= 0.3 is 5.69 Å². The number of halogens is 1. The predicted octanol–water partition coefficient (Wildman–Crippen LogP) is 2.78. The Labute approximate surface area is 188 Å². The quantitative estimate of drug-likeness (QED) is 0.306. The molecule has 0 saturated heterocycles. The Hall–Kier alpha value is -3.27. The molecule has 1 N–H and O–H groups in total. The number of benzene rings is 1. The second-order valence-corrected chi connectivity index (χ2v) is 8.11. The van der Waals surface area contributed by atoms with Gasteiger partial charge in [0.2, 0.25) is 11.1 Å². The van der Waals surface area contributed by atoms with Crippen LogP contribution in [0, 0.1) is 6.92 Å². The maximum absolute atomic E-state index is 13.0. The molecule has 0 aliphatic carbocycles. The van der Waals surface area contributed by atoms with Crippen LogP contribution in [0.25, 0.3) is 22.6 Å². The van der Waals surface area contributed by atoms with Crippen molar-refractivity contribution in [3.8, 4) is 11.4 Å². The van der Waals surface area contributed by atoms with Gasteiger partial charge in [0.05, 0.1) is 6.54 Å². The monoisotopic (exact) mass is 456 g/mol. The molecule has 0 bridgehead atoms. The summed E-state index contributed by atoms with van der Waals surface area (Å²) in [4.78, 5) is 34.2. The number of rotatable bonds is 9. The number of fused-ring (bicyclic) bond motifs is 1. The van der Waals surface area contributed by atoms with Crippen LogP contribution in [0.3, 0.4) is 0 Å². The molecule has 4 rings (SSSR count). The Morgan fingerprint density at radius 1 is 1.06 bits per heavy atom. The van der Waals surface area contributed by atoms with E-state index >= 15 is 0 Å². The fourth-order valence-corrected chi connectivity index (χ4v) is 3.79. The second-order valence-electron chi connectivity index (χ2n) is 7.76. The number of aromatic amines is 1. The van der Waals surface area contributed by atoms with Crippen molar-refractivity contribution < 1.29 is 0 Å². The third-order valence-electron chi connectivity index (χ3n) is 5.29. The van der Waals surface area contributed by atoms with Crippen molar-refractivity contribution in [1.82, 2.24) is 39.3 Å². The molecule has 0 aliphatic heterocycles. The largest absolute Gasteiger partial charge is 0.332 e. The molecule has 3 aromatic heterocycles. The first kappa shape index (κ1) is 21.9. The summed E-state index contributed by atoms with van der Waals surface area (Å²) >= 11 is 5.96. The van der Waals surface area contributed by atoms with Crippen LogP contribution in [-0.2, 0) is 19.6 Å². The highest BCUT2D eigenvalue weighted by Crippen LogP contribution is 2.15. The molecule has 0 unspecified atom stereocenters. The van der Waals surface area contributed by atoms with Crippen LogP contribution in [0.5, 0.6) is 0 Å². The number of unbranched alkanes of at least 4 members (excludes halogenated alkanes) is 2. The molecule has 168 valence electrons.